The van der Waals surface area contributed by atoms with Crippen LogP contribution >= 0.6 is 0 Å². The molecule has 1 aromatic rings. The van der Waals surface area contributed by atoms with Crippen molar-refractivity contribution in [2.75, 3.05) is 0 Å². The van der Waals surface area contributed by atoms with Crippen molar-refractivity contribution >= 4 is 5.91 Å². The molecule has 5 nitrogen and oxygen atoms in total. The minimum atomic E-state index is -4.35. The van der Waals surface area contributed by atoms with E-state index in [-0.39, 0.29) is 30.4 Å². The number of aromatic nitrogens is 2. The molecule has 2 aliphatic carbocycles. The van der Waals surface area contributed by atoms with Crippen molar-refractivity contribution in [1.82, 2.24) is 15.5 Å². The summed E-state index contributed by atoms with van der Waals surface area (Å²) in [5, 5.41) is 9.15. The number of amides is 1. The topological polar surface area (TPSA) is 83.8 Å². The summed E-state index contributed by atoms with van der Waals surface area (Å²) >= 11 is 0. The van der Waals surface area contributed by atoms with Gasteiger partial charge < -0.3 is 11.1 Å². The Morgan fingerprint density at radius 3 is 2.65 bits per heavy atom. The van der Waals surface area contributed by atoms with Crippen molar-refractivity contribution in [1.29, 1.82) is 0 Å². The van der Waals surface area contributed by atoms with Crippen LogP contribution in [0.4, 0.5) is 13.2 Å². The Morgan fingerprint density at radius 1 is 1.31 bits per heavy atom. The highest BCUT2D eigenvalue weighted by Crippen LogP contribution is 2.42. The Balaban J connectivity index is 1.57. The maximum Gasteiger partial charge on any atom is 0.395 e. The summed E-state index contributed by atoms with van der Waals surface area (Å²) in [4.78, 5) is 12.4. The molecule has 1 fully saturated rings. The Morgan fingerprint density at radius 2 is 2.00 bits per heavy atom. The predicted molar refractivity (Wildman–Crippen MR) is 91.4 cm³/mol. The molecule has 0 aromatic carbocycles. The van der Waals surface area contributed by atoms with E-state index in [9.17, 15) is 18.0 Å². The molecular formula is C18H27F3N4O. The maximum atomic E-state index is 13.3. The smallest absolute Gasteiger partial charge is 0.353 e. The SMILES string of the molecule is NC(CC(=O)NC1Cc2[nH]ncc2C(C(F)(F)F)C1)C1CCCCCC1. The second-order valence-electron chi connectivity index (χ2n) is 7.72. The number of carbonyl (C=O) groups excluding carboxylic acids is 1. The van der Waals surface area contributed by atoms with E-state index >= 15 is 0 Å². The number of halogens is 3. The number of alkyl halides is 3. The molecule has 146 valence electrons. The van der Waals surface area contributed by atoms with Crippen LogP contribution in [0.2, 0.25) is 0 Å². The molecule has 3 atom stereocenters. The molecule has 1 aromatic heterocycles. The molecular weight excluding hydrogens is 345 g/mol. The summed E-state index contributed by atoms with van der Waals surface area (Å²) in [5.74, 6) is -1.52. The standard InChI is InChI=1S/C18H27F3N4O/c19-18(20,21)14-7-12(8-16-13(14)10-23-25-16)24-17(26)9-15(22)11-5-3-1-2-4-6-11/h10-12,14-15H,1-9,22H2,(H,23,25)(H,24,26). The first kappa shape index (κ1) is 19.2. The fourth-order valence-electron chi connectivity index (χ4n) is 4.35. The molecule has 2 aliphatic rings. The minimum absolute atomic E-state index is 0.152. The summed E-state index contributed by atoms with van der Waals surface area (Å²) in [6, 6.07) is -0.777. The number of nitrogens with zero attached hydrogens (tertiary/aromatic N) is 1. The lowest BCUT2D eigenvalue weighted by Gasteiger charge is -2.31. The van der Waals surface area contributed by atoms with E-state index in [4.69, 9.17) is 5.73 Å². The van der Waals surface area contributed by atoms with E-state index in [0.29, 0.717) is 18.0 Å². The van der Waals surface area contributed by atoms with Gasteiger partial charge in [0.1, 0.15) is 0 Å². The van der Waals surface area contributed by atoms with Crippen molar-refractivity contribution in [2.24, 2.45) is 11.7 Å². The zero-order valence-electron chi connectivity index (χ0n) is 14.8. The minimum Gasteiger partial charge on any atom is -0.353 e. The lowest BCUT2D eigenvalue weighted by atomic mass is 9.83. The van der Waals surface area contributed by atoms with Gasteiger partial charge in [-0.2, -0.15) is 18.3 Å². The van der Waals surface area contributed by atoms with Crippen LogP contribution in [-0.2, 0) is 11.2 Å². The van der Waals surface area contributed by atoms with E-state index in [1.807, 2.05) is 0 Å². The molecule has 4 N–H and O–H groups in total. The van der Waals surface area contributed by atoms with Gasteiger partial charge in [-0.25, -0.2) is 0 Å². The van der Waals surface area contributed by atoms with Crippen molar-refractivity contribution in [3.8, 4) is 0 Å². The average molecular weight is 372 g/mol. The number of nitrogens with one attached hydrogen (secondary N) is 2. The van der Waals surface area contributed by atoms with E-state index < -0.39 is 18.1 Å². The van der Waals surface area contributed by atoms with Crippen LogP contribution in [0.3, 0.4) is 0 Å². The van der Waals surface area contributed by atoms with Gasteiger partial charge in [0.2, 0.25) is 5.91 Å². The van der Waals surface area contributed by atoms with Gasteiger partial charge in [0.05, 0.1) is 12.1 Å². The van der Waals surface area contributed by atoms with Gasteiger partial charge in [-0.05, 0) is 25.2 Å². The van der Waals surface area contributed by atoms with E-state index in [1.54, 1.807) is 0 Å². The van der Waals surface area contributed by atoms with Crippen molar-refractivity contribution in [3.63, 3.8) is 0 Å². The second-order valence-corrected chi connectivity index (χ2v) is 7.72. The van der Waals surface area contributed by atoms with Crippen molar-refractivity contribution in [3.05, 3.63) is 17.5 Å². The van der Waals surface area contributed by atoms with Crippen LogP contribution in [0.1, 0.15) is 68.5 Å². The summed E-state index contributed by atoms with van der Waals surface area (Å²) in [5.41, 5.74) is 6.87. The quantitative estimate of drug-likeness (QED) is 0.710. The van der Waals surface area contributed by atoms with Crippen LogP contribution in [0.25, 0.3) is 0 Å². The highest BCUT2D eigenvalue weighted by molar-refractivity contribution is 5.77. The predicted octanol–water partition coefficient (Wildman–Crippen LogP) is 3.17. The molecule has 0 bridgehead atoms. The first-order valence-corrected chi connectivity index (χ1v) is 9.48. The lowest BCUT2D eigenvalue weighted by molar-refractivity contribution is -0.155. The van der Waals surface area contributed by atoms with Gasteiger partial charge in [0.15, 0.2) is 0 Å². The number of H-pyrrole nitrogens is 1. The molecule has 26 heavy (non-hydrogen) atoms. The van der Waals surface area contributed by atoms with Gasteiger partial charge >= 0.3 is 6.18 Å². The van der Waals surface area contributed by atoms with E-state index in [2.05, 4.69) is 15.5 Å². The van der Waals surface area contributed by atoms with E-state index in [0.717, 1.165) is 25.7 Å². The molecule has 1 heterocycles. The van der Waals surface area contributed by atoms with Gasteiger partial charge in [-0.15, -0.1) is 0 Å². The third-order valence-electron chi connectivity index (χ3n) is 5.78. The number of carbonyl (C=O) groups is 1. The van der Waals surface area contributed by atoms with E-state index in [1.165, 1.54) is 19.0 Å². The van der Waals surface area contributed by atoms with Crippen LogP contribution in [0.15, 0.2) is 6.20 Å². The van der Waals surface area contributed by atoms with Gasteiger partial charge in [0.25, 0.3) is 0 Å². The Hall–Kier alpha value is -1.57. The maximum absolute atomic E-state index is 13.3. The average Bonchev–Trinajstić information content (AvgIpc) is 2.85. The van der Waals surface area contributed by atoms with Gasteiger partial charge in [-0.1, -0.05) is 25.7 Å². The van der Waals surface area contributed by atoms with Crippen LogP contribution in [0.5, 0.6) is 0 Å². The molecule has 1 amide bonds. The number of aromatic amines is 1. The molecule has 0 aliphatic heterocycles. The Kier molecular flexibility index (Phi) is 5.89. The van der Waals surface area contributed by atoms with Gasteiger partial charge in [-0.3, -0.25) is 9.89 Å². The van der Waals surface area contributed by atoms with Crippen LogP contribution in [0, 0.1) is 5.92 Å². The lowest BCUT2D eigenvalue weighted by Crippen LogP contribution is -2.45. The second kappa shape index (κ2) is 7.98. The molecule has 0 saturated heterocycles. The highest BCUT2D eigenvalue weighted by Gasteiger charge is 2.46. The largest absolute Gasteiger partial charge is 0.395 e. The van der Waals surface area contributed by atoms with Crippen molar-refractivity contribution in [2.45, 2.75) is 82.0 Å². The zero-order chi connectivity index (χ0) is 18.7. The molecule has 0 radical (unpaired) electrons. The van der Waals surface area contributed by atoms with Gasteiger partial charge in [0, 0.05) is 36.2 Å². The Labute approximate surface area is 151 Å². The van der Waals surface area contributed by atoms with Crippen LogP contribution < -0.4 is 11.1 Å². The number of hydrogen-bond donors (Lipinski definition) is 3. The summed E-state index contributed by atoms with van der Waals surface area (Å²) in [6.07, 6.45) is 4.02. The summed E-state index contributed by atoms with van der Waals surface area (Å²) in [7, 11) is 0. The molecule has 1 saturated carbocycles. The number of fused-ring (bicyclic) bond motifs is 1. The molecule has 8 heteroatoms. The third kappa shape index (κ3) is 4.58. The van der Waals surface area contributed by atoms with Crippen molar-refractivity contribution < 1.29 is 18.0 Å². The first-order valence-electron chi connectivity index (χ1n) is 9.48. The normalized spacial score (nSPS) is 26.0. The first-order chi connectivity index (χ1) is 12.3. The monoisotopic (exact) mass is 372 g/mol. The number of nitrogens with two attached hydrogens (primary N) is 1. The number of rotatable bonds is 4. The summed E-state index contributed by atoms with van der Waals surface area (Å²) < 4.78 is 40.0. The number of hydrogen-bond acceptors (Lipinski definition) is 3. The summed E-state index contributed by atoms with van der Waals surface area (Å²) in [6.45, 7) is 0. The molecule has 3 rings (SSSR count). The van der Waals surface area contributed by atoms with Crippen LogP contribution in [-0.4, -0.2) is 34.4 Å². The zero-order valence-corrected chi connectivity index (χ0v) is 14.8. The molecule has 0 spiro atoms. The molecule has 3 unspecified atom stereocenters. The highest BCUT2D eigenvalue weighted by atomic mass is 19.4. The fraction of sp³-hybridized carbons (Fsp3) is 0.778. The fourth-order valence-corrected chi connectivity index (χ4v) is 4.35. The Bertz CT molecular complexity index is 608. The third-order valence-corrected chi connectivity index (χ3v) is 5.78.